The van der Waals surface area contributed by atoms with E-state index in [-0.39, 0.29) is 23.1 Å². The maximum atomic E-state index is 14.0. The molecule has 14 heteroatoms. The van der Waals surface area contributed by atoms with Gasteiger partial charge >= 0.3 is 11.0 Å². The molecule has 220 valence electrons. The Kier molecular flexibility index (Phi) is 7.73. The zero-order valence-corrected chi connectivity index (χ0v) is 25.0. The predicted octanol–water partition coefficient (Wildman–Crippen LogP) is 5.40. The number of benzene rings is 2. The number of hydrogen-bond donors (Lipinski definition) is 1. The van der Waals surface area contributed by atoms with Gasteiger partial charge in [-0.3, -0.25) is 19.2 Å². The van der Waals surface area contributed by atoms with Crippen LogP contribution < -0.4 is 14.5 Å². The zero-order valence-electron chi connectivity index (χ0n) is 21.8. The summed E-state index contributed by atoms with van der Waals surface area (Å²) in [6.07, 6.45) is -1.75. The van der Waals surface area contributed by atoms with Crippen LogP contribution in [0.3, 0.4) is 0 Å². The number of H-pyrrole nitrogens is 1. The Morgan fingerprint density at radius 1 is 1.05 bits per heavy atom. The van der Waals surface area contributed by atoms with Crippen molar-refractivity contribution in [2.75, 3.05) is 24.6 Å². The summed E-state index contributed by atoms with van der Waals surface area (Å²) < 4.78 is 47.0. The number of anilines is 1. The van der Waals surface area contributed by atoms with Crippen LogP contribution in [-0.2, 0) is 20.6 Å². The molecule has 0 aliphatic carbocycles. The highest BCUT2D eigenvalue weighted by atomic mass is 79.9. The van der Waals surface area contributed by atoms with Crippen molar-refractivity contribution in [3.05, 3.63) is 72.6 Å². The van der Waals surface area contributed by atoms with Gasteiger partial charge in [-0.1, -0.05) is 45.1 Å². The quantitative estimate of drug-likeness (QED) is 0.362. The topological polar surface area (TPSA) is 99.8 Å². The number of nitrogens with zero attached hydrogens (tertiary/aromatic N) is 2. The van der Waals surface area contributed by atoms with Crippen molar-refractivity contribution in [2.45, 2.75) is 41.6 Å². The van der Waals surface area contributed by atoms with Crippen molar-refractivity contribution in [3.63, 3.8) is 0 Å². The highest BCUT2D eigenvalue weighted by Crippen LogP contribution is 2.55. The molecule has 1 N–H and O–H groups in total. The van der Waals surface area contributed by atoms with E-state index in [1.165, 1.54) is 6.07 Å². The van der Waals surface area contributed by atoms with Crippen LogP contribution in [0, 0.1) is 5.92 Å². The number of alkyl halides is 3. The van der Waals surface area contributed by atoms with Crippen molar-refractivity contribution < 1.29 is 32.3 Å². The average Bonchev–Trinajstić information content (AvgIpc) is 3.46. The van der Waals surface area contributed by atoms with Crippen molar-refractivity contribution in [1.82, 2.24) is 9.88 Å². The van der Waals surface area contributed by atoms with Crippen LogP contribution in [0.15, 0.2) is 56.8 Å². The molecule has 1 aromatic heterocycles. The number of imide groups is 1. The number of carbonyl (C=O) groups excluding carboxylic acids is 3. The van der Waals surface area contributed by atoms with Gasteiger partial charge in [0.15, 0.2) is 6.61 Å². The first kappa shape index (κ1) is 29.0. The van der Waals surface area contributed by atoms with E-state index in [0.717, 1.165) is 65.5 Å². The summed E-state index contributed by atoms with van der Waals surface area (Å²) in [4.78, 5) is 58.4. The molecule has 2 saturated heterocycles. The molecule has 3 aliphatic heterocycles. The first-order valence-electron chi connectivity index (χ1n) is 13.2. The van der Waals surface area contributed by atoms with Gasteiger partial charge in [0.05, 0.1) is 22.2 Å². The van der Waals surface area contributed by atoms with Crippen LogP contribution in [0.5, 0.6) is 5.75 Å². The summed E-state index contributed by atoms with van der Waals surface area (Å²) in [6, 6.07) is 9.19. The fourth-order valence-corrected chi connectivity index (χ4v) is 8.58. The highest BCUT2D eigenvalue weighted by molar-refractivity contribution is 9.10. The third-order valence-electron chi connectivity index (χ3n) is 7.62. The monoisotopic (exact) mass is 681 g/mol. The van der Waals surface area contributed by atoms with E-state index >= 15 is 0 Å². The van der Waals surface area contributed by atoms with Gasteiger partial charge < -0.3 is 14.6 Å². The number of likely N-dealkylation sites (tertiary alicyclic amines) is 1. The second-order valence-electron chi connectivity index (χ2n) is 10.2. The molecule has 42 heavy (non-hydrogen) atoms. The fourth-order valence-electron chi connectivity index (χ4n) is 5.70. The second kappa shape index (κ2) is 11.2. The third kappa shape index (κ3) is 5.28. The summed E-state index contributed by atoms with van der Waals surface area (Å²) in [5.41, 5.74) is -0.679. The minimum Gasteiger partial charge on any atom is -0.483 e. The maximum absolute atomic E-state index is 14.0. The first-order valence-corrected chi connectivity index (χ1v) is 15.7. The molecule has 3 aliphatic rings. The molecule has 0 unspecified atom stereocenters. The maximum Gasteiger partial charge on any atom is 0.416 e. The predicted molar refractivity (Wildman–Crippen MR) is 154 cm³/mol. The number of halogens is 4. The van der Waals surface area contributed by atoms with Gasteiger partial charge in [0.1, 0.15) is 11.0 Å². The number of fused-ring (bicyclic) bond motifs is 2. The summed E-state index contributed by atoms with van der Waals surface area (Å²) in [7, 11) is 0. The summed E-state index contributed by atoms with van der Waals surface area (Å²) >= 11 is 5.38. The largest absolute Gasteiger partial charge is 0.483 e. The number of rotatable bonds is 5. The lowest BCUT2D eigenvalue weighted by Gasteiger charge is -2.31. The standard InChI is InChI=1S/C28H23BrF3N3O5S2/c29-15-7-8-18(40-13-19(36)34-9-2-1-3-10-34)17(12-15)20-21-23(41-24-22(20)42-27(39)33-24)26(38)35(25(21)37)16-6-4-5-14(11-16)28(30,31)32/h4-8,11-12,20-21,23H,1-3,9-10,13H2,(H,33,39)/t20-,21-,23+/m0/s1. The van der Waals surface area contributed by atoms with E-state index in [0.29, 0.717) is 38.8 Å². The molecule has 0 bridgehead atoms. The SMILES string of the molecule is O=C(COc1ccc(Br)cc1[C@@H]1c2sc(=O)[nH]c2S[C@H]2C(=O)N(c3cccc(C(F)(F)F)c3)C(=O)[C@@H]12)N1CCCCC1. The van der Waals surface area contributed by atoms with Crippen molar-refractivity contribution >= 4 is 62.4 Å². The van der Waals surface area contributed by atoms with Crippen molar-refractivity contribution in [1.29, 1.82) is 0 Å². The van der Waals surface area contributed by atoms with E-state index in [9.17, 15) is 32.3 Å². The Hall–Kier alpha value is -3.10. The lowest BCUT2D eigenvalue weighted by atomic mass is 9.82. The molecule has 2 fully saturated rings. The van der Waals surface area contributed by atoms with Gasteiger partial charge in [0.2, 0.25) is 11.8 Å². The molecule has 4 heterocycles. The van der Waals surface area contributed by atoms with Crippen LogP contribution in [0.4, 0.5) is 18.9 Å². The zero-order chi connectivity index (χ0) is 29.8. The number of hydrogen-bond acceptors (Lipinski definition) is 7. The van der Waals surface area contributed by atoms with Crippen LogP contribution in [0.2, 0.25) is 0 Å². The number of carbonyl (C=O) groups is 3. The smallest absolute Gasteiger partial charge is 0.416 e. The molecule has 6 rings (SSSR count). The average molecular weight is 683 g/mol. The molecule has 2 aromatic carbocycles. The Morgan fingerprint density at radius 2 is 1.81 bits per heavy atom. The van der Waals surface area contributed by atoms with Gasteiger partial charge in [0, 0.05) is 33.9 Å². The molecule has 3 amide bonds. The number of ether oxygens (including phenoxy) is 1. The summed E-state index contributed by atoms with van der Waals surface area (Å²) in [6.45, 7) is 1.08. The van der Waals surface area contributed by atoms with Crippen molar-refractivity contribution in [3.8, 4) is 5.75 Å². The molecule has 0 spiro atoms. The number of aromatic nitrogens is 1. The molecular weight excluding hydrogens is 659 g/mol. The minimum absolute atomic E-state index is 0.171. The number of nitrogens with one attached hydrogen (secondary N) is 1. The molecule has 8 nitrogen and oxygen atoms in total. The first-order chi connectivity index (χ1) is 20.0. The lowest BCUT2D eigenvalue weighted by Crippen LogP contribution is -2.38. The fraction of sp³-hybridized carbons (Fsp3) is 0.357. The van der Waals surface area contributed by atoms with Gasteiger partial charge in [0.25, 0.3) is 5.91 Å². The Balaban J connectivity index is 1.39. The summed E-state index contributed by atoms with van der Waals surface area (Å²) in [5.74, 6) is -3.08. The van der Waals surface area contributed by atoms with E-state index in [4.69, 9.17) is 4.74 Å². The van der Waals surface area contributed by atoms with Gasteiger partial charge in [-0.2, -0.15) is 13.2 Å². The molecule has 0 radical (unpaired) electrons. The van der Waals surface area contributed by atoms with Gasteiger partial charge in [-0.25, -0.2) is 4.90 Å². The number of piperidine rings is 1. The van der Waals surface area contributed by atoms with E-state index < -0.39 is 40.6 Å². The normalized spacial score (nSPS) is 22.2. The summed E-state index contributed by atoms with van der Waals surface area (Å²) in [5, 5.41) is -0.588. The lowest BCUT2D eigenvalue weighted by molar-refractivity contribution is -0.137. The number of aromatic amines is 1. The molecular formula is C28H23BrF3N3O5S2. The Bertz CT molecular complexity index is 1640. The van der Waals surface area contributed by atoms with Crippen LogP contribution in [0.25, 0.3) is 0 Å². The van der Waals surface area contributed by atoms with Crippen LogP contribution >= 0.6 is 39.0 Å². The van der Waals surface area contributed by atoms with Crippen LogP contribution in [-0.4, -0.2) is 52.6 Å². The van der Waals surface area contributed by atoms with Gasteiger partial charge in [-0.15, -0.1) is 0 Å². The number of thioether (sulfide) groups is 1. The highest BCUT2D eigenvalue weighted by Gasteiger charge is 2.57. The minimum atomic E-state index is -4.66. The molecule has 0 saturated carbocycles. The van der Waals surface area contributed by atoms with E-state index in [2.05, 4.69) is 20.9 Å². The van der Waals surface area contributed by atoms with E-state index in [1.54, 1.807) is 23.1 Å². The Morgan fingerprint density at radius 3 is 2.55 bits per heavy atom. The number of thiazole rings is 1. The van der Waals surface area contributed by atoms with Crippen LogP contribution in [0.1, 0.15) is 41.2 Å². The van der Waals surface area contributed by atoms with Crippen molar-refractivity contribution in [2.24, 2.45) is 5.92 Å². The molecule has 3 aromatic rings. The second-order valence-corrected chi connectivity index (χ2v) is 13.3. The van der Waals surface area contributed by atoms with Gasteiger partial charge in [-0.05, 0) is 55.7 Å². The number of amides is 3. The Labute approximate surface area is 254 Å². The molecule has 3 atom stereocenters. The van der Waals surface area contributed by atoms with E-state index in [1.807, 2.05) is 0 Å². The third-order valence-corrected chi connectivity index (χ3v) is 10.5.